The van der Waals surface area contributed by atoms with Crippen molar-refractivity contribution in [2.45, 2.75) is 20.0 Å². The van der Waals surface area contributed by atoms with E-state index in [1.54, 1.807) is 0 Å². The Morgan fingerprint density at radius 2 is 2.08 bits per heavy atom. The molecule has 0 saturated heterocycles. The minimum Gasteiger partial charge on any atom is -0.454 e. The second-order valence-corrected chi connectivity index (χ2v) is 3.49. The van der Waals surface area contributed by atoms with Crippen LogP contribution in [0.3, 0.4) is 0 Å². The first kappa shape index (κ1) is 12.2. The standard InChI is InChI=1S/C8H12O4S/c1-6(10)8(12-7(2)11)5-13-4-3-9/h3,8H,4-5H2,1-2H3. The van der Waals surface area contributed by atoms with Gasteiger partial charge in [-0.05, 0) is 6.92 Å². The van der Waals surface area contributed by atoms with E-state index in [0.717, 1.165) is 6.29 Å². The lowest BCUT2D eigenvalue weighted by Crippen LogP contribution is -2.26. The molecule has 74 valence electrons. The van der Waals surface area contributed by atoms with E-state index in [1.165, 1.54) is 25.6 Å². The maximum atomic E-state index is 10.9. The van der Waals surface area contributed by atoms with E-state index in [4.69, 9.17) is 4.74 Å². The predicted octanol–water partition coefficient (Wildman–Crippen LogP) is 0.439. The van der Waals surface area contributed by atoms with E-state index >= 15 is 0 Å². The van der Waals surface area contributed by atoms with Crippen LogP contribution in [0.5, 0.6) is 0 Å². The average molecular weight is 204 g/mol. The number of esters is 1. The third-order valence-electron chi connectivity index (χ3n) is 1.22. The smallest absolute Gasteiger partial charge is 0.303 e. The number of rotatable bonds is 6. The molecule has 0 aromatic carbocycles. The van der Waals surface area contributed by atoms with Gasteiger partial charge in [-0.1, -0.05) is 0 Å². The van der Waals surface area contributed by atoms with Gasteiger partial charge in [0, 0.05) is 18.4 Å². The lowest BCUT2D eigenvalue weighted by Gasteiger charge is -2.12. The Labute approximate surface area is 81.0 Å². The number of ether oxygens (including phenoxy) is 1. The Bertz CT molecular complexity index is 202. The fourth-order valence-corrected chi connectivity index (χ4v) is 1.41. The Balaban J connectivity index is 3.87. The minimum atomic E-state index is -0.720. The van der Waals surface area contributed by atoms with E-state index in [9.17, 15) is 14.4 Å². The van der Waals surface area contributed by atoms with Crippen molar-refractivity contribution in [3.63, 3.8) is 0 Å². The van der Waals surface area contributed by atoms with Crippen molar-refractivity contribution in [2.24, 2.45) is 0 Å². The van der Waals surface area contributed by atoms with Gasteiger partial charge in [0.2, 0.25) is 0 Å². The Morgan fingerprint density at radius 3 is 2.46 bits per heavy atom. The number of hydrogen-bond donors (Lipinski definition) is 0. The normalized spacial score (nSPS) is 11.8. The quantitative estimate of drug-likeness (QED) is 0.357. The average Bonchev–Trinajstić information content (AvgIpc) is 2.02. The molecule has 0 amide bonds. The highest BCUT2D eigenvalue weighted by Gasteiger charge is 2.16. The monoisotopic (exact) mass is 204 g/mol. The molecule has 0 rings (SSSR count). The molecule has 5 heteroatoms. The van der Waals surface area contributed by atoms with Crippen LogP contribution < -0.4 is 0 Å². The zero-order valence-electron chi connectivity index (χ0n) is 7.61. The molecular weight excluding hydrogens is 192 g/mol. The SMILES string of the molecule is CC(=O)OC(CSCC=O)C(C)=O. The molecule has 13 heavy (non-hydrogen) atoms. The number of aldehydes is 1. The van der Waals surface area contributed by atoms with Crippen molar-refractivity contribution >= 4 is 29.8 Å². The molecule has 0 aromatic rings. The molecule has 0 aliphatic rings. The van der Waals surface area contributed by atoms with E-state index in [2.05, 4.69) is 0 Å². The van der Waals surface area contributed by atoms with Crippen LogP contribution in [0.4, 0.5) is 0 Å². The van der Waals surface area contributed by atoms with Gasteiger partial charge in [0.05, 0.1) is 0 Å². The molecule has 4 nitrogen and oxygen atoms in total. The highest BCUT2D eigenvalue weighted by Crippen LogP contribution is 2.06. The summed E-state index contributed by atoms with van der Waals surface area (Å²) < 4.78 is 4.73. The highest BCUT2D eigenvalue weighted by molar-refractivity contribution is 7.99. The molecule has 0 fully saturated rings. The van der Waals surface area contributed by atoms with Crippen molar-refractivity contribution in [1.82, 2.24) is 0 Å². The van der Waals surface area contributed by atoms with Crippen molar-refractivity contribution in [1.29, 1.82) is 0 Å². The first-order valence-electron chi connectivity index (χ1n) is 3.77. The molecule has 0 heterocycles. The molecule has 0 aliphatic carbocycles. The van der Waals surface area contributed by atoms with Crippen molar-refractivity contribution in [3.05, 3.63) is 0 Å². The van der Waals surface area contributed by atoms with Crippen molar-refractivity contribution in [3.8, 4) is 0 Å². The fourth-order valence-electron chi connectivity index (χ4n) is 0.658. The minimum absolute atomic E-state index is 0.200. The van der Waals surface area contributed by atoms with E-state index in [1.807, 2.05) is 0 Å². The van der Waals surface area contributed by atoms with Crippen LogP contribution in [-0.4, -0.2) is 35.6 Å². The summed E-state index contributed by atoms with van der Waals surface area (Å²) in [5.41, 5.74) is 0. The zero-order valence-corrected chi connectivity index (χ0v) is 8.43. The number of ketones is 1. The van der Waals surface area contributed by atoms with Gasteiger partial charge in [-0.2, -0.15) is 11.8 Å². The molecule has 0 N–H and O–H groups in total. The molecule has 0 aliphatic heterocycles. The largest absolute Gasteiger partial charge is 0.454 e. The summed E-state index contributed by atoms with van der Waals surface area (Å²) in [6.07, 6.45) is 0.0257. The Morgan fingerprint density at radius 1 is 1.46 bits per heavy atom. The van der Waals surface area contributed by atoms with Crippen LogP contribution in [-0.2, 0) is 19.1 Å². The lowest BCUT2D eigenvalue weighted by molar-refractivity contribution is -0.150. The third-order valence-corrected chi connectivity index (χ3v) is 2.13. The third kappa shape index (κ3) is 6.33. The summed E-state index contributed by atoms with van der Waals surface area (Å²) in [7, 11) is 0. The molecule has 0 aromatic heterocycles. The van der Waals surface area contributed by atoms with Gasteiger partial charge >= 0.3 is 5.97 Å². The Kier molecular flexibility index (Phi) is 6.22. The van der Waals surface area contributed by atoms with Crippen molar-refractivity contribution in [2.75, 3.05) is 11.5 Å². The van der Waals surface area contributed by atoms with Crippen LogP contribution >= 0.6 is 11.8 Å². The summed E-state index contributed by atoms with van der Waals surface area (Å²) in [4.78, 5) is 31.4. The second kappa shape index (κ2) is 6.65. The molecule has 0 radical (unpaired) electrons. The van der Waals surface area contributed by atoms with Gasteiger partial charge in [0.25, 0.3) is 0 Å². The van der Waals surface area contributed by atoms with Crippen LogP contribution in [0, 0.1) is 0 Å². The first-order chi connectivity index (χ1) is 6.07. The highest BCUT2D eigenvalue weighted by atomic mass is 32.2. The Hall–Kier alpha value is -0.840. The molecule has 0 spiro atoms. The van der Waals surface area contributed by atoms with Gasteiger partial charge < -0.3 is 9.53 Å². The van der Waals surface area contributed by atoms with Crippen LogP contribution in [0.1, 0.15) is 13.8 Å². The number of Topliss-reactive ketones (excluding diaryl/α,β-unsaturated/α-hetero) is 1. The maximum Gasteiger partial charge on any atom is 0.303 e. The van der Waals surface area contributed by atoms with Gasteiger partial charge in [-0.25, -0.2) is 0 Å². The van der Waals surface area contributed by atoms with Gasteiger partial charge in [-0.3, -0.25) is 9.59 Å². The predicted molar refractivity (Wildman–Crippen MR) is 49.6 cm³/mol. The number of carbonyl (C=O) groups excluding carboxylic acids is 3. The first-order valence-corrected chi connectivity index (χ1v) is 4.92. The van der Waals surface area contributed by atoms with Gasteiger partial charge in [0.15, 0.2) is 11.9 Å². The van der Waals surface area contributed by atoms with Crippen LogP contribution in [0.25, 0.3) is 0 Å². The lowest BCUT2D eigenvalue weighted by atomic mass is 10.3. The molecule has 0 saturated carbocycles. The molecule has 1 atom stereocenters. The van der Waals surface area contributed by atoms with Gasteiger partial charge in [-0.15, -0.1) is 0 Å². The summed E-state index contributed by atoms with van der Waals surface area (Å²) in [5, 5.41) is 0. The summed E-state index contributed by atoms with van der Waals surface area (Å²) in [6.45, 7) is 2.61. The maximum absolute atomic E-state index is 10.9. The van der Waals surface area contributed by atoms with E-state index in [0.29, 0.717) is 11.5 Å². The second-order valence-electron chi connectivity index (χ2n) is 2.41. The van der Waals surface area contributed by atoms with E-state index in [-0.39, 0.29) is 5.78 Å². The summed E-state index contributed by atoms with van der Waals surface area (Å²) in [5.74, 6) is -0.0286. The number of hydrogen-bond acceptors (Lipinski definition) is 5. The zero-order chi connectivity index (χ0) is 10.3. The van der Waals surface area contributed by atoms with Gasteiger partial charge in [0.1, 0.15) is 6.29 Å². The molecule has 1 unspecified atom stereocenters. The van der Waals surface area contributed by atoms with E-state index < -0.39 is 12.1 Å². The number of thioether (sulfide) groups is 1. The fraction of sp³-hybridized carbons (Fsp3) is 0.625. The van der Waals surface area contributed by atoms with Crippen LogP contribution in [0.2, 0.25) is 0 Å². The van der Waals surface area contributed by atoms with Crippen LogP contribution in [0.15, 0.2) is 0 Å². The summed E-state index contributed by atoms with van der Waals surface area (Å²) in [6, 6.07) is 0. The molecular formula is C8H12O4S. The summed E-state index contributed by atoms with van der Waals surface area (Å²) >= 11 is 1.27. The van der Waals surface area contributed by atoms with Crippen molar-refractivity contribution < 1.29 is 19.1 Å². The molecule has 0 bridgehead atoms. The topological polar surface area (TPSA) is 60.4 Å². The number of carbonyl (C=O) groups is 3.